The number of halogens is 2. The maximum atomic E-state index is 13.7. The Morgan fingerprint density at radius 3 is 2.20 bits per heavy atom. The molecule has 0 spiro atoms. The van der Waals surface area contributed by atoms with E-state index >= 15 is 0 Å². The van der Waals surface area contributed by atoms with Crippen LogP contribution in [0.3, 0.4) is 0 Å². The first-order valence-corrected chi connectivity index (χ1v) is 13.1. The second-order valence-electron chi connectivity index (χ2n) is 8.55. The summed E-state index contributed by atoms with van der Waals surface area (Å²) in [5.74, 6) is -0.590. The lowest BCUT2D eigenvalue weighted by Crippen LogP contribution is -2.52. The van der Waals surface area contributed by atoms with Gasteiger partial charge in [0.1, 0.15) is 12.4 Å². The monoisotopic (exact) mass is 515 g/mol. The Labute approximate surface area is 210 Å². The number of piperazine rings is 1. The summed E-state index contributed by atoms with van der Waals surface area (Å²) in [5, 5.41) is 0.423. The van der Waals surface area contributed by atoms with Crippen molar-refractivity contribution in [3.63, 3.8) is 0 Å². The van der Waals surface area contributed by atoms with Crippen LogP contribution in [0.2, 0.25) is 5.02 Å². The van der Waals surface area contributed by atoms with Crippen LogP contribution >= 0.6 is 11.6 Å². The lowest BCUT2D eigenvalue weighted by molar-refractivity contribution is -0.129. The van der Waals surface area contributed by atoms with Crippen LogP contribution in [0.5, 0.6) is 0 Å². The predicted octanol–water partition coefficient (Wildman–Crippen LogP) is 4.64. The van der Waals surface area contributed by atoms with Gasteiger partial charge in [0.25, 0.3) is 10.0 Å². The van der Waals surface area contributed by atoms with Crippen LogP contribution in [0.1, 0.15) is 11.1 Å². The van der Waals surface area contributed by atoms with Gasteiger partial charge >= 0.3 is 0 Å². The normalized spacial score (nSPS) is 14.2. The van der Waals surface area contributed by atoms with E-state index in [-0.39, 0.29) is 23.2 Å². The molecule has 1 amide bonds. The van der Waals surface area contributed by atoms with Crippen LogP contribution in [0.4, 0.5) is 15.8 Å². The molecule has 35 heavy (non-hydrogen) atoms. The molecule has 1 heterocycles. The summed E-state index contributed by atoms with van der Waals surface area (Å²) < 4.78 is 41.7. The predicted molar refractivity (Wildman–Crippen MR) is 137 cm³/mol. The van der Waals surface area contributed by atoms with Gasteiger partial charge in [-0.25, -0.2) is 12.8 Å². The number of hydrogen-bond donors (Lipinski definition) is 0. The molecule has 0 N–H and O–H groups in total. The number of benzene rings is 3. The van der Waals surface area contributed by atoms with Gasteiger partial charge in [-0.15, -0.1) is 0 Å². The Morgan fingerprint density at radius 1 is 0.943 bits per heavy atom. The lowest BCUT2D eigenvalue weighted by atomic mass is 10.2. The van der Waals surface area contributed by atoms with Crippen LogP contribution in [0.25, 0.3) is 0 Å². The highest BCUT2D eigenvalue weighted by Crippen LogP contribution is 2.31. The topological polar surface area (TPSA) is 60.9 Å². The molecule has 0 atom stereocenters. The smallest absolute Gasteiger partial charge is 0.264 e. The molecule has 1 fully saturated rings. The third kappa shape index (κ3) is 5.44. The molecular formula is C26H27ClFN3O3S. The Kier molecular flexibility index (Phi) is 7.33. The van der Waals surface area contributed by atoms with Gasteiger partial charge in [0.2, 0.25) is 5.91 Å². The number of carbonyl (C=O) groups excluding carboxylic acids is 1. The molecule has 1 aliphatic rings. The highest BCUT2D eigenvalue weighted by atomic mass is 35.5. The third-order valence-corrected chi connectivity index (χ3v) is 8.40. The molecule has 1 aliphatic heterocycles. The van der Waals surface area contributed by atoms with E-state index in [1.54, 1.807) is 66.4 Å². The largest absolute Gasteiger partial charge is 0.368 e. The third-order valence-electron chi connectivity index (χ3n) is 6.22. The average molecular weight is 516 g/mol. The van der Waals surface area contributed by atoms with Crippen LogP contribution in [-0.2, 0) is 14.8 Å². The van der Waals surface area contributed by atoms with E-state index in [0.29, 0.717) is 42.5 Å². The minimum Gasteiger partial charge on any atom is -0.368 e. The number of carbonyl (C=O) groups is 1. The van der Waals surface area contributed by atoms with E-state index in [2.05, 4.69) is 4.90 Å². The molecule has 0 aliphatic carbocycles. The zero-order chi connectivity index (χ0) is 25.2. The summed E-state index contributed by atoms with van der Waals surface area (Å²) in [7, 11) is -4.02. The van der Waals surface area contributed by atoms with E-state index < -0.39 is 10.0 Å². The summed E-state index contributed by atoms with van der Waals surface area (Å²) in [6, 6.07) is 17.8. The zero-order valence-corrected chi connectivity index (χ0v) is 21.2. The van der Waals surface area contributed by atoms with E-state index in [0.717, 1.165) is 15.6 Å². The average Bonchev–Trinajstić information content (AvgIpc) is 2.85. The molecule has 0 bridgehead atoms. The van der Waals surface area contributed by atoms with Crippen molar-refractivity contribution in [3.05, 3.63) is 88.7 Å². The first-order chi connectivity index (χ1) is 16.7. The van der Waals surface area contributed by atoms with Gasteiger partial charge in [-0.2, -0.15) is 0 Å². The lowest BCUT2D eigenvalue weighted by Gasteiger charge is -2.37. The Balaban J connectivity index is 1.57. The summed E-state index contributed by atoms with van der Waals surface area (Å²) in [4.78, 5) is 17.2. The van der Waals surface area contributed by atoms with Gasteiger partial charge in [0.05, 0.1) is 10.6 Å². The number of rotatable bonds is 6. The molecular weight excluding hydrogens is 489 g/mol. The maximum Gasteiger partial charge on any atom is 0.264 e. The first kappa shape index (κ1) is 25.0. The standard InChI is InChI=1S/C26H27ClFN3O3S/c1-19-6-12-23(13-7-19)35(33,34)31(25-5-3-4-24(27)20(25)2)18-26(32)30-16-14-29(15-17-30)22-10-8-21(28)9-11-22/h3-13H,14-18H2,1-2H3. The van der Waals surface area contributed by atoms with Crippen molar-refractivity contribution < 1.29 is 17.6 Å². The summed E-state index contributed by atoms with van der Waals surface area (Å²) in [6.45, 7) is 5.28. The molecule has 184 valence electrons. The number of hydrogen-bond acceptors (Lipinski definition) is 4. The van der Waals surface area contributed by atoms with Gasteiger partial charge in [-0.1, -0.05) is 35.4 Å². The fourth-order valence-electron chi connectivity index (χ4n) is 4.09. The van der Waals surface area contributed by atoms with E-state index in [1.165, 1.54) is 12.1 Å². The van der Waals surface area contributed by atoms with Gasteiger partial charge in [-0.05, 0) is 67.9 Å². The summed E-state index contributed by atoms with van der Waals surface area (Å²) >= 11 is 6.30. The van der Waals surface area contributed by atoms with Crippen molar-refractivity contribution in [3.8, 4) is 0 Å². The second kappa shape index (κ2) is 10.3. The summed E-state index contributed by atoms with van der Waals surface area (Å²) in [6.07, 6.45) is 0. The molecule has 6 nitrogen and oxygen atoms in total. The van der Waals surface area contributed by atoms with Crippen LogP contribution in [-0.4, -0.2) is 51.9 Å². The Hall–Kier alpha value is -3.10. The Bertz CT molecular complexity index is 1310. The number of aryl methyl sites for hydroxylation is 1. The van der Waals surface area contributed by atoms with Gasteiger partial charge in [0.15, 0.2) is 0 Å². The van der Waals surface area contributed by atoms with Crippen molar-refractivity contribution in [2.45, 2.75) is 18.7 Å². The molecule has 0 aromatic heterocycles. The van der Waals surface area contributed by atoms with Gasteiger partial charge < -0.3 is 9.80 Å². The fourth-order valence-corrected chi connectivity index (χ4v) is 5.73. The highest BCUT2D eigenvalue weighted by molar-refractivity contribution is 7.92. The van der Waals surface area contributed by atoms with Crippen LogP contribution in [0.15, 0.2) is 71.6 Å². The minimum atomic E-state index is -4.02. The molecule has 4 rings (SSSR count). The Morgan fingerprint density at radius 2 is 1.57 bits per heavy atom. The number of amides is 1. The van der Waals surface area contributed by atoms with Crippen LogP contribution in [0, 0.1) is 19.7 Å². The summed E-state index contributed by atoms with van der Waals surface area (Å²) in [5.41, 5.74) is 2.77. The van der Waals surface area contributed by atoms with Crippen molar-refractivity contribution in [2.75, 3.05) is 41.9 Å². The fraction of sp³-hybridized carbons (Fsp3) is 0.269. The minimum absolute atomic E-state index is 0.108. The molecule has 3 aromatic rings. The van der Waals surface area contributed by atoms with Crippen LogP contribution < -0.4 is 9.21 Å². The van der Waals surface area contributed by atoms with Crippen molar-refractivity contribution in [1.82, 2.24) is 4.90 Å². The zero-order valence-electron chi connectivity index (χ0n) is 19.6. The van der Waals surface area contributed by atoms with E-state index in [1.807, 2.05) is 6.92 Å². The quantitative estimate of drug-likeness (QED) is 0.480. The van der Waals surface area contributed by atoms with Crippen molar-refractivity contribution in [1.29, 1.82) is 0 Å². The number of nitrogens with zero attached hydrogens (tertiary/aromatic N) is 3. The first-order valence-electron chi connectivity index (χ1n) is 11.3. The van der Waals surface area contributed by atoms with Crippen molar-refractivity contribution in [2.24, 2.45) is 0 Å². The molecule has 3 aromatic carbocycles. The van der Waals surface area contributed by atoms with E-state index in [9.17, 15) is 17.6 Å². The van der Waals surface area contributed by atoms with Gasteiger partial charge in [-0.3, -0.25) is 9.10 Å². The SMILES string of the molecule is Cc1ccc(S(=O)(=O)N(CC(=O)N2CCN(c3ccc(F)cc3)CC2)c2cccc(Cl)c2C)cc1. The van der Waals surface area contributed by atoms with Gasteiger partial charge in [0, 0.05) is 36.9 Å². The maximum absolute atomic E-state index is 13.7. The molecule has 9 heteroatoms. The molecule has 0 saturated carbocycles. The number of anilines is 2. The highest BCUT2D eigenvalue weighted by Gasteiger charge is 2.31. The van der Waals surface area contributed by atoms with Crippen molar-refractivity contribution >= 4 is 38.9 Å². The molecule has 0 unspecified atom stereocenters. The second-order valence-corrected chi connectivity index (χ2v) is 10.8. The van der Waals surface area contributed by atoms with E-state index in [4.69, 9.17) is 11.6 Å². The number of sulfonamides is 1. The molecule has 0 radical (unpaired) electrons. The molecule has 1 saturated heterocycles.